The van der Waals surface area contributed by atoms with E-state index in [1.54, 1.807) is 18.5 Å². The lowest BCUT2D eigenvalue weighted by molar-refractivity contribution is 0.0696. The van der Waals surface area contributed by atoms with Crippen molar-refractivity contribution in [3.05, 3.63) is 30.2 Å². The smallest absolute Gasteiger partial charge is 0.337 e. The van der Waals surface area contributed by atoms with Crippen molar-refractivity contribution >= 4 is 34.8 Å². The summed E-state index contributed by atoms with van der Waals surface area (Å²) >= 11 is 1.29. The normalized spacial score (nSPS) is 9.50. The molecule has 2 aromatic heterocycles. The molecule has 16 heavy (non-hydrogen) atoms. The second-order valence-electron chi connectivity index (χ2n) is 2.83. The third-order valence-corrected chi connectivity index (χ3v) is 2.67. The highest BCUT2D eigenvalue weighted by Gasteiger charge is 2.07. The Bertz CT molecular complexity index is 515. The zero-order valence-corrected chi connectivity index (χ0v) is 9.59. The van der Waals surface area contributed by atoms with Crippen molar-refractivity contribution < 1.29 is 9.90 Å². The lowest BCUT2D eigenvalue weighted by Crippen LogP contribution is -1.96. The molecule has 84 valence electrons. The number of rotatable bonds is 2. The van der Waals surface area contributed by atoms with Gasteiger partial charge in [0.2, 0.25) is 0 Å². The van der Waals surface area contributed by atoms with E-state index in [-0.39, 0.29) is 18.0 Å². The highest BCUT2D eigenvalue weighted by atomic mass is 35.5. The van der Waals surface area contributed by atoms with Crippen LogP contribution in [0.15, 0.2) is 24.7 Å². The van der Waals surface area contributed by atoms with Crippen LogP contribution in [0, 0.1) is 0 Å². The Labute approximate surface area is 101 Å². The summed E-state index contributed by atoms with van der Waals surface area (Å²) in [5.74, 6) is -0.998. The van der Waals surface area contributed by atoms with Crippen molar-refractivity contribution in [2.75, 3.05) is 5.73 Å². The molecule has 0 fully saturated rings. The molecule has 3 N–H and O–H groups in total. The summed E-state index contributed by atoms with van der Waals surface area (Å²) in [4.78, 5) is 19.3. The number of nitrogens with two attached hydrogens (primary N) is 1. The number of nitrogens with zero attached hydrogens (tertiary/aromatic N) is 2. The highest BCUT2D eigenvalue weighted by Crippen LogP contribution is 2.26. The predicted molar refractivity (Wildman–Crippen MR) is 64.0 cm³/mol. The van der Waals surface area contributed by atoms with Crippen LogP contribution in [0.2, 0.25) is 0 Å². The third kappa shape index (κ3) is 2.47. The molecule has 2 aromatic rings. The van der Waals surface area contributed by atoms with Crippen LogP contribution in [0.25, 0.3) is 10.4 Å². The maximum atomic E-state index is 10.7. The molecule has 0 atom stereocenters. The Morgan fingerprint density at radius 3 is 2.69 bits per heavy atom. The number of aromatic carboxylic acids is 1. The Morgan fingerprint density at radius 1 is 1.38 bits per heavy atom. The summed E-state index contributed by atoms with van der Waals surface area (Å²) < 4.78 is 0. The molecule has 2 rings (SSSR count). The number of anilines is 1. The van der Waals surface area contributed by atoms with E-state index in [9.17, 15) is 4.79 Å². The van der Waals surface area contributed by atoms with Gasteiger partial charge in [-0.3, -0.25) is 4.98 Å². The second-order valence-corrected chi connectivity index (χ2v) is 3.89. The van der Waals surface area contributed by atoms with E-state index < -0.39 is 5.97 Å². The zero-order valence-electron chi connectivity index (χ0n) is 7.95. The summed E-state index contributed by atoms with van der Waals surface area (Å²) in [5.41, 5.74) is 6.35. The summed E-state index contributed by atoms with van der Waals surface area (Å²) in [6.45, 7) is 0. The first-order chi connectivity index (χ1) is 7.16. The van der Waals surface area contributed by atoms with Crippen LogP contribution < -0.4 is 5.73 Å². The standard InChI is InChI=1S/C9H7N3O2S.ClH/c10-9-12-4-7(15-9)5-1-6(8(13)14)3-11-2-5;/h1-4H,(H2,10,12)(H,13,14);1H. The Balaban J connectivity index is 0.00000128. The average molecular weight is 258 g/mol. The zero-order chi connectivity index (χ0) is 10.8. The lowest BCUT2D eigenvalue weighted by atomic mass is 10.2. The molecule has 0 radical (unpaired) electrons. The van der Waals surface area contributed by atoms with E-state index >= 15 is 0 Å². The van der Waals surface area contributed by atoms with Crippen molar-refractivity contribution in [2.45, 2.75) is 0 Å². The van der Waals surface area contributed by atoms with Crippen molar-refractivity contribution in [2.24, 2.45) is 0 Å². The van der Waals surface area contributed by atoms with E-state index in [2.05, 4.69) is 9.97 Å². The third-order valence-electron chi connectivity index (χ3n) is 1.79. The molecular weight excluding hydrogens is 250 g/mol. The Morgan fingerprint density at radius 2 is 2.12 bits per heavy atom. The fraction of sp³-hybridized carbons (Fsp3) is 0. The molecule has 0 bridgehead atoms. The van der Waals surface area contributed by atoms with Crippen LogP contribution in [-0.2, 0) is 0 Å². The van der Waals surface area contributed by atoms with Crippen LogP contribution in [0.3, 0.4) is 0 Å². The average Bonchev–Trinajstić information content (AvgIpc) is 2.65. The molecule has 0 saturated carbocycles. The van der Waals surface area contributed by atoms with Crippen molar-refractivity contribution in [3.63, 3.8) is 0 Å². The number of carboxylic acid groups (broad SMARTS) is 1. The molecule has 7 heteroatoms. The van der Waals surface area contributed by atoms with Crippen LogP contribution >= 0.6 is 23.7 Å². The van der Waals surface area contributed by atoms with Crippen LogP contribution in [-0.4, -0.2) is 21.0 Å². The van der Waals surface area contributed by atoms with Gasteiger partial charge in [0.15, 0.2) is 5.13 Å². The van der Waals surface area contributed by atoms with Crippen LogP contribution in [0.4, 0.5) is 5.13 Å². The molecule has 0 unspecified atom stereocenters. The van der Waals surface area contributed by atoms with Crippen molar-refractivity contribution in [1.82, 2.24) is 9.97 Å². The number of thiazole rings is 1. The van der Waals surface area contributed by atoms with Gasteiger partial charge >= 0.3 is 5.97 Å². The predicted octanol–water partition coefficient (Wildman–Crippen LogP) is 1.91. The molecule has 2 heterocycles. The summed E-state index contributed by atoms with van der Waals surface area (Å²) in [5, 5.41) is 9.23. The van der Waals surface area contributed by atoms with Crippen molar-refractivity contribution in [3.8, 4) is 10.4 Å². The molecule has 0 aromatic carbocycles. The number of hydrogen-bond acceptors (Lipinski definition) is 5. The summed E-state index contributed by atoms with van der Waals surface area (Å²) in [6, 6.07) is 1.54. The number of carboxylic acids is 1. The van der Waals surface area contributed by atoms with E-state index in [1.807, 2.05) is 0 Å². The minimum atomic E-state index is -0.998. The van der Waals surface area contributed by atoms with Gasteiger partial charge in [0, 0.05) is 24.2 Å². The van der Waals surface area contributed by atoms with E-state index in [0.29, 0.717) is 10.7 Å². The van der Waals surface area contributed by atoms with Gasteiger partial charge in [-0.05, 0) is 6.07 Å². The molecule has 0 aliphatic rings. The van der Waals surface area contributed by atoms with E-state index in [4.69, 9.17) is 10.8 Å². The van der Waals surface area contributed by atoms with Gasteiger partial charge in [-0.2, -0.15) is 0 Å². The maximum absolute atomic E-state index is 10.7. The van der Waals surface area contributed by atoms with E-state index in [0.717, 1.165) is 4.88 Å². The van der Waals surface area contributed by atoms with Gasteiger partial charge in [-0.15, -0.1) is 12.4 Å². The minimum absolute atomic E-state index is 0. The van der Waals surface area contributed by atoms with Gasteiger partial charge in [-0.1, -0.05) is 11.3 Å². The number of halogens is 1. The monoisotopic (exact) mass is 257 g/mol. The fourth-order valence-corrected chi connectivity index (χ4v) is 1.78. The maximum Gasteiger partial charge on any atom is 0.337 e. The molecular formula is C9H8ClN3O2S. The Hall–Kier alpha value is -1.66. The van der Waals surface area contributed by atoms with Gasteiger partial charge in [0.05, 0.1) is 10.4 Å². The number of nitrogen functional groups attached to an aromatic ring is 1. The largest absolute Gasteiger partial charge is 0.478 e. The highest BCUT2D eigenvalue weighted by molar-refractivity contribution is 7.18. The van der Waals surface area contributed by atoms with E-state index in [1.165, 1.54) is 17.5 Å². The molecule has 5 nitrogen and oxygen atoms in total. The fourth-order valence-electron chi connectivity index (χ4n) is 1.11. The number of hydrogen-bond donors (Lipinski definition) is 2. The quantitative estimate of drug-likeness (QED) is 0.858. The number of aromatic nitrogens is 2. The molecule has 0 aliphatic carbocycles. The van der Waals surface area contributed by atoms with Gasteiger partial charge in [0.1, 0.15) is 0 Å². The van der Waals surface area contributed by atoms with Crippen LogP contribution in [0.5, 0.6) is 0 Å². The molecule has 0 spiro atoms. The molecule has 0 amide bonds. The molecule has 0 saturated heterocycles. The van der Waals surface area contributed by atoms with Crippen LogP contribution in [0.1, 0.15) is 10.4 Å². The first kappa shape index (κ1) is 12.4. The first-order valence-corrected chi connectivity index (χ1v) is 4.88. The summed E-state index contributed by atoms with van der Waals surface area (Å²) in [7, 11) is 0. The lowest BCUT2D eigenvalue weighted by Gasteiger charge is -1.97. The summed E-state index contributed by atoms with van der Waals surface area (Å²) in [6.07, 6.45) is 4.48. The van der Waals surface area contributed by atoms with Gasteiger partial charge in [-0.25, -0.2) is 9.78 Å². The molecule has 0 aliphatic heterocycles. The number of pyridine rings is 1. The van der Waals surface area contributed by atoms with Crippen molar-refractivity contribution in [1.29, 1.82) is 0 Å². The second kappa shape index (κ2) is 4.91. The number of carbonyl (C=O) groups is 1. The SMILES string of the molecule is Cl.Nc1ncc(-c2cncc(C(=O)O)c2)s1. The minimum Gasteiger partial charge on any atom is -0.478 e. The first-order valence-electron chi connectivity index (χ1n) is 4.07. The van der Waals surface area contributed by atoms with Gasteiger partial charge in [0.25, 0.3) is 0 Å². The Kier molecular flexibility index (Phi) is 3.81. The topological polar surface area (TPSA) is 89.1 Å². The van der Waals surface area contributed by atoms with Gasteiger partial charge < -0.3 is 10.8 Å².